The molecule has 1 aromatic carbocycles. The van der Waals surface area contributed by atoms with E-state index in [4.69, 9.17) is 0 Å². The molecule has 2 aromatic rings. The van der Waals surface area contributed by atoms with Crippen molar-refractivity contribution in [2.75, 3.05) is 5.32 Å². The molecular weight excluding hydrogens is 236 g/mol. The third kappa shape index (κ3) is 2.70. The van der Waals surface area contributed by atoms with Crippen molar-refractivity contribution in [2.24, 2.45) is 0 Å². The quantitative estimate of drug-likeness (QED) is 0.886. The third-order valence-electron chi connectivity index (χ3n) is 3.28. The number of carbonyl (C=O) groups excluding carboxylic acids is 1. The molecule has 0 aliphatic rings. The molecule has 3 heteroatoms. The van der Waals surface area contributed by atoms with Crippen molar-refractivity contribution in [1.29, 1.82) is 0 Å². The molecule has 0 saturated heterocycles. The highest BCUT2D eigenvalue weighted by atomic mass is 16.1. The number of hydrogen-bond donors (Lipinski definition) is 1. The first-order valence-electron chi connectivity index (χ1n) is 6.55. The van der Waals surface area contributed by atoms with Gasteiger partial charge in [-0.15, -0.1) is 0 Å². The van der Waals surface area contributed by atoms with Crippen molar-refractivity contribution >= 4 is 11.6 Å². The normalized spacial score (nSPS) is 10.8. The topological polar surface area (TPSA) is 34.0 Å². The summed E-state index contributed by atoms with van der Waals surface area (Å²) in [5.41, 5.74) is 3.70. The minimum Gasteiger partial charge on any atom is -0.346 e. The maximum absolute atomic E-state index is 12.3. The minimum atomic E-state index is -0.0498. The predicted molar refractivity (Wildman–Crippen MR) is 78.7 cm³/mol. The van der Waals surface area contributed by atoms with Crippen LogP contribution in [0.4, 0.5) is 5.69 Å². The highest BCUT2D eigenvalue weighted by Gasteiger charge is 2.16. The summed E-state index contributed by atoms with van der Waals surface area (Å²) in [4.78, 5) is 12.3. The van der Waals surface area contributed by atoms with Crippen LogP contribution in [0.5, 0.6) is 0 Å². The second-order valence-corrected chi connectivity index (χ2v) is 5.07. The zero-order valence-corrected chi connectivity index (χ0v) is 11.9. The summed E-state index contributed by atoms with van der Waals surface area (Å²) in [6.45, 7) is 8.27. The van der Waals surface area contributed by atoms with Gasteiger partial charge in [-0.25, -0.2) is 0 Å². The average molecular weight is 256 g/mol. The van der Waals surface area contributed by atoms with E-state index in [-0.39, 0.29) is 5.91 Å². The van der Waals surface area contributed by atoms with Crippen LogP contribution in [0.3, 0.4) is 0 Å². The summed E-state index contributed by atoms with van der Waals surface area (Å²) < 4.78 is 2.18. The molecule has 100 valence electrons. The first-order valence-corrected chi connectivity index (χ1v) is 6.55. The molecule has 0 unspecified atom stereocenters. The van der Waals surface area contributed by atoms with Crippen molar-refractivity contribution < 1.29 is 4.79 Å². The van der Waals surface area contributed by atoms with Gasteiger partial charge in [0.2, 0.25) is 0 Å². The first kappa shape index (κ1) is 13.4. The van der Waals surface area contributed by atoms with Gasteiger partial charge in [-0.1, -0.05) is 18.2 Å². The summed E-state index contributed by atoms with van der Waals surface area (Å²) in [5.74, 6) is -0.0498. The summed E-state index contributed by atoms with van der Waals surface area (Å²) in [7, 11) is 0. The number of nitrogens with one attached hydrogen (secondary N) is 1. The molecule has 0 spiro atoms. The van der Waals surface area contributed by atoms with Crippen LogP contribution in [-0.4, -0.2) is 10.5 Å². The zero-order valence-electron chi connectivity index (χ0n) is 11.9. The van der Waals surface area contributed by atoms with Gasteiger partial charge in [0, 0.05) is 23.1 Å². The summed E-state index contributed by atoms with van der Waals surface area (Å²) >= 11 is 0. The molecule has 0 aliphatic heterocycles. The van der Waals surface area contributed by atoms with E-state index < -0.39 is 0 Å². The van der Waals surface area contributed by atoms with Gasteiger partial charge in [-0.3, -0.25) is 4.79 Å². The van der Waals surface area contributed by atoms with E-state index in [0.29, 0.717) is 6.04 Å². The highest BCUT2D eigenvalue weighted by Crippen LogP contribution is 2.21. The molecule has 1 aromatic heterocycles. The van der Waals surface area contributed by atoms with Crippen LogP contribution < -0.4 is 5.32 Å². The van der Waals surface area contributed by atoms with E-state index in [9.17, 15) is 4.79 Å². The molecule has 0 atom stereocenters. The average Bonchev–Trinajstić information content (AvgIpc) is 2.66. The van der Waals surface area contributed by atoms with Crippen LogP contribution in [-0.2, 0) is 0 Å². The Morgan fingerprint density at radius 2 is 1.79 bits per heavy atom. The second kappa shape index (κ2) is 5.31. The van der Waals surface area contributed by atoms with Crippen molar-refractivity contribution in [3.05, 3.63) is 53.3 Å². The molecular formula is C16H20N2O. The Morgan fingerprint density at radius 3 is 2.32 bits per heavy atom. The smallest absolute Gasteiger partial charge is 0.257 e. The van der Waals surface area contributed by atoms with E-state index in [1.165, 1.54) is 0 Å². The summed E-state index contributed by atoms with van der Waals surface area (Å²) in [6.07, 6.45) is 0. The van der Waals surface area contributed by atoms with Crippen molar-refractivity contribution in [1.82, 2.24) is 4.57 Å². The Morgan fingerprint density at radius 1 is 1.16 bits per heavy atom. The zero-order chi connectivity index (χ0) is 14.0. The van der Waals surface area contributed by atoms with Crippen LogP contribution in [0.1, 0.15) is 41.6 Å². The van der Waals surface area contributed by atoms with Crippen LogP contribution >= 0.6 is 0 Å². The number of hydrogen-bond acceptors (Lipinski definition) is 1. The number of amides is 1. The van der Waals surface area contributed by atoms with Gasteiger partial charge < -0.3 is 9.88 Å². The fourth-order valence-corrected chi connectivity index (χ4v) is 2.52. The van der Waals surface area contributed by atoms with Crippen LogP contribution in [0.15, 0.2) is 36.4 Å². The van der Waals surface area contributed by atoms with Gasteiger partial charge >= 0.3 is 0 Å². The molecule has 0 aliphatic carbocycles. The largest absolute Gasteiger partial charge is 0.346 e. The molecule has 19 heavy (non-hydrogen) atoms. The number of rotatable bonds is 3. The predicted octanol–water partition coefficient (Wildman–Crippen LogP) is 3.94. The van der Waals surface area contributed by atoms with Gasteiger partial charge in [-0.05, 0) is 45.9 Å². The Hall–Kier alpha value is -2.03. The summed E-state index contributed by atoms with van der Waals surface area (Å²) in [5, 5.41) is 2.93. The number of carbonyl (C=O) groups is 1. The lowest BCUT2D eigenvalue weighted by Gasteiger charge is -2.13. The molecule has 0 bridgehead atoms. The summed E-state index contributed by atoms with van der Waals surface area (Å²) in [6, 6.07) is 11.8. The lowest BCUT2D eigenvalue weighted by molar-refractivity contribution is 0.102. The van der Waals surface area contributed by atoms with Crippen molar-refractivity contribution in [3.8, 4) is 0 Å². The molecule has 3 nitrogen and oxygen atoms in total. The fraction of sp³-hybridized carbons (Fsp3) is 0.312. The van der Waals surface area contributed by atoms with Gasteiger partial charge in [-0.2, -0.15) is 0 Å². The number of benzene rings is 1. The number of aromatic nitrogens is 1. The molecule has 0 saturated carbocycles. The fourth-order valence-electron chi connectivity index (χ4n) is 2.52. The lowest BCUT2D eigenvalue weighted by atomic mass is 10.2. The monoisotopic (exact) mass is 256 g/mol. The Bertz CT molecular complexity index is 582. The third-order valence-corrected chi connectivity index (χ3v) is 3.28. The van der Waals surface area contributed by atoms with E-state index in [1.807, 2.05) is 50.2 Å². The SMILES string of the molecule is Cc1cc(C(=O)Nc2ccccc2)c(C)n1C(C)C. The molecule has 1 heterocycles. The van der Waals surface area contributed by atoms with E-state index in [2.05, 4.69) is 23.7 Å². The Kier molecular flexibility index (Phi) is 3.74. The maximum atomic E-state index is 12.3. The van der Waals surface area contributed by atoms with Crippen LogP contribution in [0.2, 0.25) is 0 Å². The van der Waals surface area contributed by atoms with Gasteiger partial charge in [0.1, 0.15) is 0 Å². The van der Waals surface area contributed by atoms with E-state index in [0.717, 1.165) is 22.6 Å². The molecule has 0 fully saturated rings. The van der Waals surface area contributed by atoms with Gasteiger partial charge in [0.15, 0.2) is 0 Å². The standard InChI is InChI=1S/C16H20N2O/c1-11(2)18-12(3)10-15(13(18)4)16(19)17-14-8-6-5-7-9-14/h5-11H,1-4H3,(H,17,19). The first-order chi connectivity index (χ1) is 9.00. The van der Waals surface area contributed by atoms with Crippen molar-refractivity contribution in [2.45, 2.75) is 33.7 Å². The van der Waals surface area contributed by atoms with Gasteiger partial charge in [0.25, 0.3) is 5.91 Å². The molecule has 1 amide bonds. The minimum absolute atomic E-state index is 0.0498. The van der Waals surface area contributed by atoms with E-state index >= 15 is 0 Å². The molecule has 1 N–H and O–H groups in total. The van der Waals surface area contributed by atoms with Gasteiger partial charge in [0.05, 0.1) is 5.56 Å². The van der Waals surface area contributed by atoms with Crippen LogP contribution in [0.25, 0.3) is 0 Å². The molecule has 0 radical (unpaired) electrons. The Balaban J connectivity index is 2.28. The number of nitrogens with zero attached hydrogens (tertiary/aromatic N) is 1. The maximum Gasteiger partial charge on any atom is 0.257 e. The number of para-hydroxylation sites is 1. The van der Waals surface area contributed by atoms with E-state index in [1.54, 1.807) is 0 Å². The van der Waals surface area contributed by atoms with Crippen LogP contribution in [0, 0.1) is 13.8 Å². The Labute approximate surface area is 114 Å². The number of aryl methyl sites for hydroxylation is 1. The highest BCUT2D eigenvalue weighted by molar-refractivity contribution is 6.05. The number of anilines is 1. The second-order valence-electron chi connectivity index (χ2n) is 5.07. The molecule has 2 rings (SSSR count). The lowest BCUT2D eigenvalue weighted by Crippen LogP contribution is -2.13. The van der Waals surface area contributed by atoms with Crippen molar-refractivity contribution in [3.63, 3.8) is 0 Å².